The first kappa shape index (κ1) is 19.7. The monoisotopic (exact) mass is 445 g/mol. The molecule has 164 valence electrons. The summed E-state index contributed by atoms with van der Waals surface area (Å²) in [5, 5.41) is 3.13. The van der Waals surface area contributed by atoms with Gasteiger partial charge in [-0.2, -0.15) is 0 Å². The van der Waals surface area contributed by atoms with Crippen LogP contribution in [0, 0.1) is 5.92 Å². The molecule has 1 N–H and O–H groups in total. The van der Waals surface area contributed by atoms with Crippen molar-refractivity contribution in [2.75, 3.05) is 28.8 Å². The zero-order valence-electron chi connectivity index (χ0n) is 18.0. The summed E-state index contributed by atoms with van der Waals surface area (Å²) in [6, 6.07) is 20.2. The van der Waals surface area contributed by atoms with Gasteiger partial charge in [0.2, 0.25) is 0 Å². The smallest absolute Gasteiger partial charge is 0.265 e. The summed E-state index contributed by atoms with van der Waals surface area (Å²) >= 11 is 0. The predicted octanol–water partition coefficient (Wildman–Crippen LogP) is 5.53. The van der Waals surface area contributed by atoms with Crippen molar-refractivity contribution in [1.82, 2.24) is 4.98 Å². The molecule has 0 bridgehead atoms. The average Bonchev–Trinajstić information content (AvgIpc) is 3.37. The Morgan fingerprint density at radius 1 is 0.938 bits per heavy atom. The third-order valence-electron chi connectivity index (χ3n) is 7.17. The molecule has 0 atom stereocenters. The van der Waals surface area contributed by atoms with Crippen molar-refractivity contribution in [2.24, 2.45) is 5.92 Å². The number of H-pyrrole nitrogens is 1. The summed E-state index contributed by atoms with van der Waals surface area (Å²) in [5.74, 6) is 0.658. The van der Waals surface area contributed by atoms with Crippen LogP contribution >= 0.6 is 0 Å². The molecule has 1 fully saturated rings. The van der Waals surface area contributed by atoms with E-state index in [9.17, 15) is 8.42 Å². The standard InChI is InChI=1S/C26H27N3O2S/c30-32(31)25-8-2-6-20-5-1-7-24(26(20)25)29(32)15-3-4-19-12-16-28(17-13-19)22-9-10-23-21(18-22)11-14-27-23/h1-2,5-11,14,18-19,27H,3-4,12-13,15-17H2. The predicted molar refractivity (Wildman–Crippen MR) is 131 cm³/mol. The highest BCUT2D eigenvalue weighted by molar-refractivity contribution is 7.93. The molecule has 6 heteroatoms. The second kappa shape index (κ2) is 7.55. The highest BCUT2D eigenvalue weighted by Gasteiger charge is 2.35. The normalized spacial score (nSPS) is 18.1. The first-order valence-corrected chi connectivity index (χ1v) is 12.9. The van der Waals surface area contributed by atoms with Gasteiger partial charge in [0, 0.05) is 47.8 Å². The zero-order chi connectivity index (χ0) is 21.7. The van der Waals surface area contributed by atoms with E-state index < -0.39 is 10.0 Å². The van der Waals surface area contributed by atoms with Gasteiger partial charge in [-0.15, -0.1) is 0 Å². The lowest BCUT2D eigenvalue weighted by Crippen LogP contribution is -2.34. The van der Waals surface area contributed by atoms with Crippen LogP contribution in [0.3, 0.4) is 0 Å². The molecule has 6 rings (SSSR count). The van der Waals surface area contributed by atoms with Gasteiger partial charge < -0.3 is 9.88 Å². The van der Waals surface area contributed by atoms with Crippen molar-refractivity contribution in [3.63, 3.8) is 0 Å². The zero-order valence-corrected chi connectivity index (χ0v) is 18.8. The molecule has 0 amide bonds. The Morgan fingerprint density at radius 2 is 1.75 bits per heavy atom. The molecule has 1 saturated heterocycles. The van der Waals surface area contributed by atoms with E-state index in [4.69, 9.17) is 0 Å². The lowest BCUT2D eigenvalue weighted by molar-refractivity contribution is 0.375. The van der Waals surface area contributed by atoms with E-state index in [-0.39, 0.29) is 0 Å². The molecule has 0 unspecified atom stereocenters. The second-order valence-corrected chi connectivity index (χ2v) is 10.9. The molecule has 0 radical (unpaired) electrons. The van der Waals surface area contributed by atoms with E-state index in [0.717, 1.165) is 55.2 Å². The van der Waals surface area contributed by atoms with Crippen LogP contribution in [0.1, 0.15) is 25.7 Å². The van der Waals surface area contributed by atoms with Crippen LogP contribution in [0.5, 0.6) is 0 Å². The fourth-order valence-corrected chi connectivity index (χ4v) is 7.19. The molecule has 3 heterocycles. The summed E-state index contributed by atoms with van der Waals surface area (Å²) in [5.41, 5.74) is 3.32. The number of nitrogens with zero attached hydrogens (tertiary/aromatic N) is 2. The third kappa shape index (κ3) is 3.16. The summed E-state index contributed by atoms with van der Waals surface area (Å²) in [7, 11) is -3.44. The average molecular weight is 446 g/mol. The van der Waals surface area contributed by atoms with Crippen LogP contribution in [0.2, 0.25) is 0 Å². The van der Waals surface area contributed by atoms with Crippen molar-refractivity contribution in [3.05, 3.63) is 66.9 Å². The van der Waals surface area contributed by atoms with Crippen LogP contribution in [-0.4, -0.2) is 33.0 Å². The summed E-state index contributed by atoms with van der Waals surface area (Å²) in [6.45, 7) is 2.68. The van der Waals surface area contributed by atoms with Gasteiger partial charge in [0.15, 0.2) is 0 Å². The number of rotatable bonds is 5. The number of nitrogens with one attached hydrogen (secondary N) is 1. The van der Waals surface area contributed by atoms with Gasteiger partial charge in [-0.25, -0.2) is 8.42 Å². The SMILES string of the molecule is O=S1(=O)c2cccc3cccc(c23)N1CCCC1CCN(c2ccc3[nH]ccc3c2)CC1. The van der Waals surface area contributed by atoms with Gasteiger partial charge >= 0.3 is 0 Å². The Morgan fingerprint density at radius 3 is 2.59 bits per heavy atom. The number of aromatic amines is 1. The van der Waals surface area contributed by atoms with E-state index in [1.54, 1.807) is 10.4 Å². The lowest BCUT2D eigenvalue weighted by atomic mass is 9.92. The first-order valence-electron chi connectivity index (χ1n) is 11.5. The first-order chi connectivity index (χ1) is 15.6. The van der Waals surface area contributed by atoms with E-state index in [0.29, 0.717) is 17.4 Å². The number of aromatic nitrogens is 1. The fourth-order valence-electron chi connectivity index (χ4n) is 5.44. The van der Waals surface area contributed by atoms with E-state index in [1.165, 1.54) is 16.6 Å². The number of sulfonamides is 1. The van der Waals surface area contributed by atoms with Crippen LogP contribution in [0.4, 0.5) is 11.4 Å². The van der Waals surface area contributed by atoms with Crippen molar-refractivity contribution in [2.45, 2.75) is 30.6 Å². The van der Waals surface area contributed by atoms with Gasteiger partial charge in [0.05, 0.1) is 10.6 Å². The molecule has 1 aromatic heterocycles. The lowest BCUT2D eigenvalue weighted by Gasteiger charge is -2.34. The van der Waals surface area contributed by atoms with E-state index >= 15 is 0 Å². The number of hydrogen-bond donors (Lipinski definition) is 1. The summed E-state index contributed by atoms with van der Waals surface area (Å²) < 4.78 is 27.9. The molecule has 0 spiro atoms. The molecule has 2 aliphatic heterocycles. The van der Waals surface area contributed by atoms with Crippen molar-refractivity contribution >= 4 is 43.1 Å². The van der Waals surface area contributed by atoms with E-state index in [2.05, 4.69) is 34.1 Å². The Kier molecular flexibility index (Phi) is 4.65. The molecule has 5 nitrogen and oxygen atoms in total. The summed E-state index contributed by atoms with van der Waals surface area (Å²) in [4.78, 5) is 6.19. The third-order valence-corrected chi connectivity index (χ3v) is 9.03. The minimum Gasteiger partial charge on any atom is -0.371 e. The molecule has 0 saturated carbocycles. The van der Waals surface area contributed by atoms with Crippen molar-refractivity contribution in [3.8, 4) is 0 Å². The summed E-state index contributed by atoms with van der Waals surface area (Å²) in [6.07, 6.45) is 6.27. The van der Waals surface area contributed by atoms with E-state index in [1.807, 2.05) is 36.5 Å². The molecule has 4 aromatic rings. The van der Waals surface area contributed by atoms with Gasteiger partial charge in [-0.3, -0.25) is 4.31 Å². The van der Waals surface area contributed by atoms with Crippen LogP contribution in [0.15, 0.2) is 71.8 Å². The maximum atomic E-state index is 13.1. The number of anilines is 2. The maximum absolute atomic E-state index is 13.1. The quantitative estimate of drug-likeness (QED) is 0.440. The minimum absolute atomic E-state index is 0.457. The van der Waals surface area contributed by atoms with Crippen LogP contribution in [0.25, 0.3) is 21.7 Å². The Bertz CT molecular complexity index is 1400. The maximum Gasteiger partial charge on any atom is 0.265 e. The molecule has 32 heavy (non-hydrogen) atoms. The Hall–Kier alpha value is -2.99. The van der Waals surface area contributed by atoms with Crippen LogP contribution in [-0.2, 0) is 10.0 Å². The highest BCUT2D eigenvalue weighted by atomic mass is 32.2. The largest absolute Gasteiger partial charge is 0.371 e. The number of hydrogen-bond acceptors (Lipinski definition) is 3. The Balaban J connectivity index is 1.08. The highest BCUT2D eigenvalue weighted by Crippen LogP contribution is 2.42. The molecule has 0 aliphatic carbocycles. The number of fused-ring (bicyclic) bond motifs is 1. The molecule has 3 aromatic carbocycles. The van der Waals surface area contributed by atoms with Gasteiger partial charge in [-0.05, 0) is 73.4 Å². The van der Waals surface area contributed by atoms with Gasteiger partial charge in [0.1, 0.15) is 0 Å². The van der Waals surface area contributed by atoms with Crippen LogP contribution < -0.4 is 9.21 Å². The molecule has 2 aliphatic rings. The fraction of sp³-hybridized carbons (Fsp3) is 0.308. The number of piperidine rings is 1. The van der Waals surface area contributed by atoms with Gasteiger partial charge in [0.25, 0.3) is 10.0 Å². The minimum atomic E-state index is -3.44. The van der Waals surface area contributed by atoms with Gasteiger partial charge in [-0.1, -0.05) is 24.3 Å². The number of benzene rings is 3. The van der Waals surface area contributed by atoms with Crippen molar-refractivity contribution < 1.29 is 8.42 Å². The second-order valence-electron chi connectivity index (χ2n) is 9.03. The Labute approximate surface area is 188 Å². The molecular weight excluding hydrogens is 418 g/mol. The topological polar surface area (TPSA) is 56.4 Å². The van der Waals surface area contributed by atoms with Crippen molar-refractivity contribution in [1.29, 1.82) is 0 Å². The molecular formula is C26H27N3O2S.